The summed E-state index contributed by atoms with van der Waals surface area (Å²) < 4.78 is 1.12. The fraction of sp³-hybridized carbons (Fsp3) is 0.438. The van der Waals surface area contributed by atoms with Crippen LogP contribution in [-0.2, 0) is 0 Å². The van der Waals surface area contributed by atoms with Crippen LogP contribution < -0.4 is 5.73 Å². The summed E-state index contributed by atoms with van der Waals surface area (Å²) in [4.78, 5) is 15.0. The zero-order valence-electron chi connectivity index (χ0n) is 12.6. The summed E-state index contributed by atoms with van der Waals surface area (Å²) in [6.07, 6.45) is 1.07. The molecule has 108 valence electrons. The number of thiophene rings is 1. The van der Waals surface area contributed by atoms with Crippen molar-refractivity contribution in [3.8, 4) is 0 Å². The van der Waals surface area contributed by atoms with E-state index >= 15 is 0 Å². The summed E-state index contributed by atoms with van der Waals surface area (Å²) in [7, 11) is 1.85. The van der Waals surface area contributed by atoms with Crippen LogP contribution in [0.25, 0.3) is 10.1 Å². The minimum absolute atomic E-state index is 0.0309. The predicted octanol–water partition coefficient (Wildman–Crippen LogP) is 3.91. The number of aryl methyl sites for hydroxylation is 1. The van der Waals surface area contributed by atoms with Crippen LogP contribution in [0.3, 0.4) is 0 Å². The van der Waals surface area contributed by atoms with Gasteiger partial charge in [0.15, 0.2) is 0 Å². The van der Waals surface area contributed by atoms with Gasteiger partial charge < -0.3 is 10.6 Å². The van der Waals surface area contributed by atoms with Crippen LogP contribution in [0, 0.1) is 12.8 Å². The van der Waals surface area contributed by atoms with Gasteiger partial charge in [-0.2, -0.15) is 0 Å². The molecule has 20 heavy (non-hydrogen) atoms. The Morgan fingerprint density at radius 3 is 2.75 bits per heavy atom. The summed E-state index contributed by atoms with van der Waals surface area (Å²) in [6.45, 7) is 7.11. The van der Waals surface area contributed by atoms with Gasteiger partial charge in [0.25, 0.3) is 5.91 Å². The lowest BCUT2D eigenvalue weighted by atomic mass is 10.1. The van der Waals surface area contributed by atoms with Gasteiger partial charge in [-0.3, -0.25) is 4.79 Å². The first-order valence-electron chi connectivity index (χ1n) is 6.98. The molecule has 0 radical (unpaired) electrons. The Morgan fingerprint density at radius 1 is 1.45 bits per heavy atom. The van der Waals surface area contributed by atoms with E-state index in [1.807, 2.05) is 19.2 Å². The molecule has 2 aromatic rings. The topological polar surface area (TPSA) is 46.3 Å². The molecule has 0 saturated carbocycles. The first kappa shape index (κ1) is 14.9. The van der Waals surface area contributed by atoms with Crippen molar-refractivity contribution in [2.45, 2.75) is 27.2 Å². The van der Waals surface area contributed by atoms with Crippen molar-refractivity contribution in [1.82, 2.24) is 4.90 Å². The molecule has 0 aliphatic carbocycles. The first-order chi connectivity index (χ1) is 9.45. The molecule has 1 unspecified atom stereocenters. The van der Waals surface area contributed by atoms with E-state index in [-0.39, 0.29) is 5.91 Å². The van der Waals surface area contributed by atoms with Gasteiger partial charge >= 0.3 is 0 Å². The number of nitrogen functional groups attached to an aromatic ring is 1. The second-order valence-corrected chi connectivity index (χ2v) is 6.52. The van der Waals surface area contributed by atoms with E-state index < -0.39 is 0 Å². The minimum Gasteiger partial charge on any atom is -0.397 e. The number of carbonyl (C=O) groups is 1. The maximum atomic E-state index is 12.6. The van der Waals surface area contributed by atoms with E-state index in [0.29, 0.717) is 16.5 Å². The lowest BCUT2D eigenvalue weighted by Gasteiger charge is -2.20. The fourth-order valence-corrected chi connectivity index (χ4v) is 3.48. The van der Waals surface area contributed by atoms with E-state index in [4.69, 9.17) is 5.73 Å². The molecule has 2 N–H and O–H groups in total. The molecule has 0 aliphatic heterocycles. The first-order valence-corrected chi connectivity index (χ1v) is 7.80. The highest BCUT2D eigenvalue weighted by Crippen LogP contribution is 2.36. The summed E-state index contributed by atoms with van der Waals surface area (Å²) in [5.74, 6) is 0.532. The average molecular weight is 290 g/mol. The fourth-order valence-electron chi connectivity index (χ4n) is 2.29. The molecule has 0 bridgehead atoms. The smallest absolute Gasteiger partial charge is 0.265 e. The lowest BCUT2D eigenvalue weighted by molar-refractivity contribution is 0.0780. The Kier molecular flexibility index (Phi) is 4.33. The standard InChI is InChI=1S/C16H22N2OS/c1-5-10(2)9-18(4)16(19)15-13(17)12-8-6-7-11(3)14(12)20-15/h6-8,10H,5,9,17H2,1-4H3. The van der Waals surface area contributed by atoms with Crippen molar-refractivity contribution in [3.63, 3.8) is 0 Å². The molecule has 1 aromatic heterocycles. The highest BCUT2D eigenvalue weighted by molar-refractivity contribution is 7.21. The van der Waals surface area contributed by atoms with Crippen LogP contribution in [-0.4, -0.2) is 24.4 Å². The number of hydrogen-bond donors (Lipinski definition) is 1. The molecule has 0 spiro atoms. The van der Waals surface area contributed by atoms with Crippen molar-refractivity contribution < 1.29 is 4.79 Å². The number of benzene rings is 1. The van der Waals surface area contributed by atoms with E-state index in [2.05, 4.69) is 26.8 Å². The number of anilines is 1. The van der Waals surface area contributed by atoms with E-state index in [9.17, 15) is 4.79 Å². The Labute approximate surface area is 124 Å². The molecule has 3 nitrogen and oxygen atoms in total. The van der Waals surface area contributed by atoms with Crippen LogP contribution in [0.4, 0.5) is 5.69 Å². The van der Waals surface area contributed by atoms with E-state index in [0.717, 1.165) is 23.1 Å². The number of rotatable bonds is 4. The zero-order chi connectivity index (χ0) is 14.9. The van der Waals surface area contributed by atoms with Crippen LogP contribution in [0.2, 0.25) is 0 Å². The second kappa shape index (κ2) is 5.83. The molecule has 1 atom stereocenters. The second-order valence-electron chi connectivity index (χ2n) is 5.50. The maximum Gasteiger partial charge on any atom is 0.265 e. The molecule has 2 rings (SSSR count). The highest BCUT2D eigenvalue weighted by atomic mass is 32.1. The Morgan fingerprint density at radius 2 is 2.15 bits per heavy atom. The summed E-state index contributed by atoms with van der Waals surface area (Å²) in [5.41, 5.74) is 7.96. The number of hydrogen-bond acceptors (Lipinski definition) is 3. The number of nitrogens with two attached hydrogens (primary N) is 1. The van der Waals surface area contributed by atoms with Gasteiger partial charge in [-0.1, -0.05) is 38.5 Å². The van der Waals surface area contributed by atoms with Crippen molar-refractivity contribution in [1.29, 1.82) is 0 Å². The molecule has 1 heterocycles. The third kappa shape index (κ3) is 2.66. The highest BCUT2D eigenvalue weighted by Gasteiger charge is 2.21. The third-order valence-electron chi connectivity index (χ3n) is 3.77. The molecular weight excluding hydrogens is 268 g/mol. The zero-order valence-corrected chi connectivity index (χ0v) is 13.4. The van der Waals surface area contributed by atoms with Gasteiger partial charge in [0.1, 0.15) is 4.88 Å². The van der Waals surface area contributed by atoms with Crippen molar-refractivity contribution in [3.05, 3.63) is 28.6 Å². The average Bonchev–Trinajstić information content (AvgIpc) is 2.77. The number of fused-ring (bicyclic) bond motifs is 1. The predicted molar refractivity (Wildman–Crippen MR) is 87.4 cm³/mol. The maximum absolute atomic E-state index is 12.6. The molecule has 1 amide bonds. The van der Waals surface area contributed by atoms with Gasteiger partial charge in [-0.25, -0.2) is 0 Å². The summed E-state index contributed by atoms with van der Waals surface area (Å²) in [5, 5.41) is 0.996. The Hall–Kier alpha value is -1.55. The van der Waals surface area contributed by atoms with Crippen molar-refractivity contribution in [2.75, 3.05) is 19.3 Å². The molecule has 1 aromatic carbocycles. The normalized spacial score (nSPS) is 12.6. The van der Waals surface area contributed by atoms with E-state index in [1.54, 1.807) is 4.90 Å². The molecule has 0 saturated heterocycles. The third-order valence-corrected chi connectivity index (χ3v) is 5.12. The van der Waals surface area contributed by atoms with Gasteiger partial charge in [-0.15, -0.1) is 11.3 Å². The van der Waals surface area contributed by atoms with Gasteiger partial charge in [0.05, 0.1) is 5.69 Å². The summed E-state index contributed by atoms with van der Waals surface area (Å²) >= 11 is 1.51. The van der Waals surface area contributed by atoms with Gasteiger partial charge in [0, 0.05) is 23.7 Å². The molecule has 0 fully saturated rings. The Bertz CT molecular complexity index is 633. The molecule has 4 heteroatoms. The van der Waals surface area contributed by atoms with Crippen molar-refractivity contribution in [2.24, 2.45) is 5.92 Å². The molecule has 0 aliphatic rings. The number of nitrogens with zero attached hydrogens (tertiary/aromatic N) is 1. The minimum atomic E-state index is 0.0309. The van der Waals surface area contributed by atoms with Crippen LogP contribution in [0.5, 0.6) is 0 Å². The van der Waals surface area contributed by atoms with Crippen molar-refractivity contribution >= 4 is 33.0 Å². The number of carbonyl (C=O) groups excluding carboxylic acids is 1. The van der Waals surface area contributed by atoms with E-state index in [1.165, 1.54) is 16.9 Å². The monoisotopic (exact) mass is 290 g/mol. The summed E-state index contributed by atoms with van der Waals surface area (Å²) in [6, 6.07) is 6.02. The SMILES string of the molecule is CCC(C)CN(C)C(=O)c1sc2c(C)cccc2c1N. The van der Waals surface area contributed by atoms with Gasteiger partial charge in [-0.05, 0) is 18.4 Å². The largest absolute Gasteiger partial charge is 0.397 e. The lowest BCUT2D eigenvalue weighted by Crippen LogP contribution is -2.30. The van der Waals surface area contributed by atoms with Crippen LogP contribution in [0.1, 0.15) is 35.5 Å². The van der Waals surface area contributed by atoms with Crippen LogP contribution in [0.15, 0.2) is 18.2 Å². The Balaban J connectivity index is 2.35. The van der Waals surface area contributed by atoms with Crippen LogP contribution >= 0.6 is 11.3 Å². The number of amides is 1. The van der Waals surface area contributed by atoms with Gasteiger partial charge in [0.2, 0.25) is 0 Å². The quantitative estimate of drug-likeness (QED) is 0.928. The molecular formula is C16H22N2OS.